The maximum absolute atomic E-state index is 13.9. The second kappa shape index (κ2) is 8.70. The lowest BCUT2D eigenvalue weighted by molar-refractivity contribution is -0.158. The van der Waals surface area contributed by atoms with E-state index >= 15 is 0 Å². The van der Waals surface area contributed by atoms with Gasteiger partial charge < -0.3 is 0 Å². The van der Waals surface area contributed by atoms with Crippen molar-refractivity contribution in [2.75, 3.05) is 4.31 Å². The molecule has 0 N–H and O–H groups in total. The van der Waals surface area contributed by atoms with Crippen molar-refractivity contribution in [1.29, 1.82) is 0 Å². The number of alkyl halides is 3. The zero-order chi connectivity index (χ0) is 24.7. The average molecular weight is 550 g/mol. The minimum absolute atomic E-state index is 0.00103. The van der Waals surface area contributed by atoms with E-state index in [1.807, 2.05) is 0 Å². The molecule has 0 fully saturated rings. The minimum atomic E-state index is -4.74. The summed E-state index contributed by atoms with van der Waals surface area (Å²) in [7, 11) is -4.49. The quantitative estimate of drug-likeness (QED) is 0.366. The van der Waals surface area contributed by atoms with E-state index < -0.39 is 33.9 Å². The molecule has 176 valence electrons. The van der Waals surface area contributed by atoms with E-state index in [4.69, 9.17) is 0 Å². The standard InChI is InChI=1S/C25H19BrF3NO3S/c1-24(16-25(27,28)29)21(22(26)17-10-4-2-5-11-17)19-14-8-9-15-20(19)30(23(24)31)34(32,33)18-12-6-3-7-13-18/h2-15H,16H2,1H3/b22-21+. The number of sulfonamides is 1. The highest BCUT2D eigenvalue weighted by molar-refractivity contribution is 9.15. The van der Waals surface area contributed by atoms with Gasteiger partial charge in [-0.05, 0) is 52.2 Å². The average Bonchev–Trinajstić information content (AvgIpc) is 2.79. The molecule has 4 nitrogen and oxygen atoms in total. The molecule has 1 aliphatic heterocycles. The predicted molar refractivity (Wildman–Crippen MR) is 129 cm³/mol. The molecule has 0 aromatic heterocycles. The lowest BCUT2D eigenvalue weighted by Crippen LogP contribution is -2.51. The summed E-state index contributed by atoms with van der Waals surface area (Å²) in [6.07, 6.45) is -6.28. The highest BCUT2D eigenvalue weighted by Crippen LogP contribution is 2.55. The van der Waals surface area contributed by atoms with Crippen molar-refractivity contribution in [3.8, 4) is 0 Å². The van der Waals surface area contributed by atoms with E-state index in [1.165, 1.54) is 36.4 Å². The van der Waals surface area contributed by atoms with Crippen LogP contribution in [0, 0.1) is 5.41 Å². The molecule has 3 aromatic carbocycles. The van der Waals surface area contributed by atoms with Crippen LogP contribution in [0.4, 0.5) is 18.9 Å². The summed E-state index contributed by atoms with van der Waals surface area (Å²) in [5.74, 6) is -1.17. The van der Waals surface area contributed by atoms with Gasteiger partial charge in [-0.2, -0.15) is 13.2 Å². The summed E-state index contributed by atoms with van der Waals surface area (Å²) in [4.78, 5) is 13.7. The van der Waals surface area contributed by atoms with E-state index in [9.17, 15) is 26.4 Å². The molecular formula is C25H19BrF3NO3S. The van der Waals surface area contributed by atoms with Gasteiger partial charge in [0.25, 0.3) is 15.9 Å². The first-order chi connectivity index (χ1) is 16.0. The Morgan fingerprint density at radius 3 is 2.03 bits per heavy atom. The summed E-state index contributed by atoms with van der Waals surface area (Å²) in [5.41, 5.74) is -1.35. The maximum Gasteiger partial charge on any atom is 0.390 e. The number of amides is 1. The molecule has 1 unspecified atom stereocenters. The molecule has 0 saturated heterocycles. The molecule has 4 rings (SSSR count). The highest BCUT2D eigenvalue weighted by Gasteiger charge is 2.55. The summed E-state index contributed by atoms with van der Waals surface area (Å²) in [6, 6.07) is 21.9. The summed E-state index contributed by atoms with van der Waals surface area (Å²) in [5, 5.41) is 0. The molecular weight excluding hydrogens is 531 g/mol. The third-order valence-corrected chi connectivity index (χ3v) is 8.25. The van der Waals surface area contributed by atoms with Crippen molar-refractivity contribution in [3.63, 3.8) is 0 Å². The molecule has 0 radical (unpaired) electrons. The number of rotatable bonds is 4. The van der Waals surface area contributed by atoms with Crippen molar-refractivity contribution in [3.05, 3.63) is 96.1 Å². The SMILES string of the molecule is CC1(CC(F)(F)F)C(=O)N(S(=O)(=O)c2ccccc2)c2ccccc2/C1=C(\Br)c1ccccc1. The fourth-order valence-corrected chi connectivity index (χ4v) is 6.66. The first-order valence-corrected chi connectivity index (χ1v) is 12.5. The Morgan fingerprint density at radius 2 is 1.44 bits per heavy atom. The predicted octanol–water partition coefficient (Wildman–Crippen LogP) is 6.64. The molecule has 0 spiro atoms. The van der Waals surface area contributed by atoms with Crippen molar-refractivity contribution in [2.24, 2.45) is 5.41 Å². The minimum Gasteiger partial charge on any atom is -0.272 e. The van der Waals surface area contributed by atoms with Gasteiger partial charge in [0, 0.05) is 10.0 Å². The van der Waals surface area contributed by atoms with E-state index in [1.54, 1.807) is 48.5 Å². The summed E-state index contributed by atoms with van der Waals surface area (Å²) in [6.45, 7) is 1.14. The Balaban J connectivity index is 2.07. The number of carbonyl (C=O) groups is 1. The molecule has 3 aromatic rings. The van der Waals surface area contributed by atoms with E-state index in [2.05, 4.69) is 15.9 Å². The van der Waals surface area contributed by atoms with Crippen molar-refractivity contribution in [1.82, 2.24) is 0 Å². The second-order valence-electron chi connectivity index (χ2n) is 8.08. The monoisotopic (exact) mass is 549 g/mol. The molecule has 1 atom stereocenters. The van der Waals surface area contributed by atoms with E-state index in [0.717, 1.165) is 6.92 Å². The molecule has 9 heteroatoms. The Morgan fingerprint density at radius 1 is 0.912 bits per heavy atom. The Hall–Kier alpha value is -2.91. The van der Waals surface area contributed by atoms with Crippen LogP contribution in [0.15, 0.2) is 89.8 Å². The molecule has 1 aliphatic rings. The number of fused-ring (bicyclic) bond motifs is 1. The third-order valence-electron chi connectivity index (χ3n) is 5.68. The fraction of sp³-hybridized carbons (Fsp3) is 0.160. The zero-order valence-electron chi connectivity index (χ0n) is 17.9. The van der Waals surface area contributed by atoms with Crippen LogP contribution in [0.5, 0.6) is 0 Å². The smallest absolute Gasteiger partial charge is 0.272 e. The van der Waals surface area contributed by atoms with Crippen LogP contribution >= 0.6 is 15.9 Å². The Bertz CT molecular complexity index is 1370. The summed E-state index contributed by atoms with van der Waals surface area (Å²) < 4.78 is 69.5. The topological polar surface area (TPSA) is 54.5 Å². The summed E-state index contributed by atoms with van der Waals surface area (Å²) >= 11 is 3.44. The molecule has 34 heavy (non-hydrogen) atoms. The second-order valence-corrected chi connectivity index (χ2v) is 10.7. The van der Waals surface area contributed by atoms with Crippen molar-refractivity contribution < 1.29 is 26.4 Å². The molecule has 0 aliphatic carbocycles. The van der Waals surface area contributed by atoms with Gasteiger partial charge in [-0.25, -0.2) is 12.7 Å². The maximum atomic E-state index is 13.9. The van der Waals surface area contributed by atoms with Crippen molar-refractivity contribution in [2.45, 2.75) is 24.4 Å². The van der Waals surface area contributed by atoms with Gasteiger partial charge in [0.1, 0.15) is 0 Å². The van der Waals surface area contributed by atoms with Crippen LogP contribution in [-0.2, 0) is 14.8 Å². The van der Waals surface area contributed by atoms with Gasteiger partial charge in [0.15, 0.2) is 0 Å². The van der Waals surface area contributed by atoms with E-state index in [0.29, 0.717) is 9.87 Å². The highest BCUT2D eigenvalue weighted by atomic mass is 79.9. The normalized spacial score (nSPS) is 20.1. The van der Waals surface area contributed by atoms with Crippen molar-refractivity contribution >= 4 is 47.6 Å². The lowest BCUT2D eigenvalue weighted by atomic mass is 9.71. The van der Waals surface area contributed by atoms with Gasteiger partial charge in [-0.1, -0.05) is 66.7 Å². The van der Waals surface area contributed by atoms with Gasteiger partial charge in [0.2, 0.25) is 0 Å². The largest absolute Gasteiger partial charge is 0.390 e. The first kappa shape index (κ1) is 24.2. The molecule has 1 heterocycles. The van der Waals surface area contributed by atoms with Crippen LogP contribution in [0.1, 0.15) is 24.5 Å². The Kier molecular flexibility index (Phi) is 6.20. The number of carbonyl (C=O) groups excluding carboxylic acids is 1. The van der Waals surface area contributed by atoms with Crippen LogP contribution in [-0.4, -0.2) is 20.5 Å². The van der Waals surface area contributed by atoms with Crippen LogP contribution in [0.25, 0.3) is 10.1 Å². The number of anilines is 1. The lowest BCUT2D eigenvalue weighted by Gasteiger charge is -2.42. The zero-order valence-corrected chi connectivity index (χ0v) is 20.3. The van der Waals surface area contributed by atoms with E-state index in [-0.39, 0.29) is 26.2 Å². The number of halogens is 4. The third kappa shape index (κ3) is 4.18. The Labute approximate surface area is 203 Å². The van der Waals surface area contributed by atoms with Gasteiger partial charge >= 0.3 is 6.18 Å². The molecule has 0 bridgehead atoms. The van der Waals surface area contributed by atoms with Gasteiger partial charge in [0.05, 0.1) is 22.4 Å². The number of benzene rings is 3. The van der Waals surface area contributed by atoms with Gasteiger partial charge in [-0.3, -0.25) is 4.79 Å². The first-order valence-electron chi connectivity index (χ1n) is 10.2. The number of nitrogens with zero attached hydrogens (tertiary/aromatic N) is 1. The van der Waals surface area contributed by atoms with Crippen LogP contribution in [0.3, 0.4) is 0 Å². The fourth-order valence-electron chi connectivity index (χ4n) is 4.19. The molecule has 0 saturated carbocycles. The van der Waals surface area contributed by atoms with Gasteiger partial charge in [-0.15, -0.1) is 0 Å². The molecule has 1 amide bonds. The number of hydrogen-bond acceptors (Lipinski definition) is 3. The van der Waals surface area contributed by atoms with Crippen LogP contribution in [0.2, 0.25) is 0 Å². The number of hydrogen-bond donors (Lipinski definition) is 0. The number of para-hydroxylation sites is 1. The van der Waals surface area contributed by atoms with Crippen LogP contribution < -0.4 is 4.31 Å².